The molecule has 4 rings (SSSR count). The van der Waals surface area contributed by atoms with Crippen LogP contribution in [0.3, 0.4) is 0 Å². The molecular formula is C21H27N5O5. The molecule has 2 saturated heterocycles. The molecule has 0 radical (unpaired) electrons. The van der Waals surface area contributed by atoms with Crippen molar-refractivity contribution in [2.24, 2.45) is 5.41 Å². The number of nitrogens with zero attached hydrogens (tertiary/aromatic N) is 4. The van der Waals surface area contributed by atoms with Gasteiger partial charge in [-0.25, -0.2) is 9.50 Å². The van der Waals surface area contributed by atoms with Crippen molar-refractivity contribution in [3.8, 4) is 6.07 Å². The number of hydrogen-bond donors (Lipinski definition) is 1. The van der Waals surface area contributed by atoms with Gasteiger partial charge in [-0.05, 0) is 46.2 Å². The molecule has 2 aliphatic rings. The fourth-order valence-electron chi connectivity index (χ4n) is 3.90. The first kappa shape index (κ1) is 21.5. The molecule has 0 aliphatic carbocycles. The fourth-order valence-corrected chi connectivity index (χ4v) is 3.90. The summed E-state index contributed by atoms with van der Waals surface area (Å²) in [5.74, 6) is -1.02. The summed E-state index contributed by atoms with van der Waals surface area (Å²) in [6.45, 7) is 8.76. The first-order valence-electron chi connectivity index (χ1n) is 10.2. The lowest BCUT2D eigenvalue weighted by atomic mass is 9.90. The number of carbonyl (C=O) groups is 1. The number of anilines is 1. The van der Waals surface area contributed by atoms with Gasteiger partial charge in [0.05, 0.1) is 11.1 Å². The number of esters is 1. The summed E-state index contributed by atoms with van der Waals surface area (Å²) in [5, 5.41) is 14.4. The fraction of sp³-hybridized carbons (Fsp3) is 0.619. The highest BCUT2D eigenvalue weighted by Gasteiger charge is 2.65. The molecule has 2 aromatic rings. The van der Waals surface area contributed by atoms with Gasteiger partial charge in [0.1, 0.15) is 42.8 Å². The van der Waals surface area contributed by atoms with Crippen molar-refractivity contribution in [2.45, 2.75) is 70.7 Å². The van der Waals surface area contributed by atoms with E-state index in [4.69, 9.17) is 24.7 Å². The van der Waals surface area contributed by atoms with Gasteiger partial charge in [0.2, 0.25) is 5.60 Å². The van der Waals surface area contributed by atoms with Gasteiger partial charge < -0.3 is 24.7 Å². The Balaban J connectivity index is 1.70. The number of rotatable bonds is 5. The molecule has 4 atom stereocenters. The van der Waals surface area contributed by atoms with Gasteiger partial charge >= 0.3 is 5.97 Å². The van der Waals surface area contributed by atoms with Crippen LogP contribution < -0.4 is 5.73 Å². The molecule has 31 heavy (non-hydrogen) atoms. The number of carbonyl (C=O) groups excluding carboxylic acids is 1. The van der Waals surface area contributed by atoms with Crippen molar-refractivity contribution < 1.29 is 23.7 Å². The van der Waals surface area contributed by atoms with E-state index in [1.807, 2.05) is 6.92 Å². The third kappa shape index (κ3) is 3.43. The van der Waals surface area contributed by atoms with E-state index >= 15 is 0 Å². The van der Waals surface area contributed by atoms with Crippen LogP contribution in [0.15, 0.2) is 18.5 Å². The molecule has 10 heteroatoms. The maximum Gasteiger partial charge on any atom is 0.311 e. The first-order chi connectivity index (χ1) is 14.5. The number of hydrogen-bond acceptors (Lipinski definition) is 9. The summed E-state index contributed by atoms with van der Waals surface area (Å²) < 4.78 is 25.6. The molecule has 2 N–H and O–H groups in total. The molecule has 10 nitrogen and oxygen atoms in total. The average Bonchev–Trinajstić information content (AvgIpc) is 3.37. The Morgan fingerprint density at radius 1 is 1.35 bits per heavy atom. The second-order valence-corrected chi connectivity index (χ2v) is 9.07. The Labute approximate surface area is 180 Å². The smallest absolute Gasteiger partial charge is 0.311 e. The van der Waals surface area contributed by atoms with Crippen molar-refractivity contribution in [1.29, 1.82) is 5.26 Å². The quantitative estimate of drug-likeness (QED) is 0.709. The summed E-state index contributed by atoms with van der Waals surface area (Å²) in [5.41, 5.74) is 4.99. The summed E-state index contributed by atoms with van der Waals surface area (Å²) in [4.78, 5) is 16.6. The van der Waals surface area contributed by atoms with E-state index in [9.17, 15) is 10.1 Å². The summed E-state index contributed by atoms with van der Waals surface area (Å²) in [6, 6.07) is 5.77. The van der Waals surface area contributed by atoms with E-state index < -0.39 is 41.1 Å². The minimum atomic E-state index is -1.54. The molecule has 0 saturated carbocycles. The Hall–Kier alpha value is -2.74. The molecule has 166 valence electrons. The van der Waals surface area contributed by atoms with E-state index in [0.717, 1.165) is 0 Å². The highest BCUT2D eigenvalue weighted by atomic mass is 16.8. The van der Waals surface area contributed by atoms with Crippen LogP contribution in [0.1, 0.15) is 52.8 Å². The lowest BCUT2D eigenvalue weighted by Crippen LogP contribution is -2.47. The highest BCUT2D eigenvalue weighted by Crippen LogP contribution is 2.50. The van der Waals surface area contributed by atoms with Crippen molar-refractivity contribution in [3.63, 3.8) is 0 Å². The summed E-state index contributed by atoms with van der Waals surface area (Å²) in [6.07, 6.45) is -0.117. The van der Waals surface area contributed by atoms with E-state index in [-0.39, 0.29) is 6.61 Å². The van der Waals surface area contributed by atoms with Gasteiger partial charge in [-0.3, -0.25) is 4.79 Å². The lowest BCUT2D eigenvalue weighted by molar-refractivity contribution is -0.209. The van der Waals surface area contributed by atoms with Crippen LogP contribution in [0.2, 0.25) is 0 Å². The number of nitrogen functional groups attached to an aromatic ring is 1. The molecule has 2 aliphatic heterocycles. The second kappa shape index (κ2) is 7.15. The predicted molar refractivity (Wildman–Crippen MR) is 108 cm³/mol. The summed E-state index contributed by atoms with van der Waals surface area (Å²) >= 11 is 0. The molecular weight excluding hydrogens is 402 g/mol. The van der Waals surface area contributed by atoms with Crippen LogP contribution in [0, 0.1) is 16.7 Å². The molecule has 0 amide bonds. The maximum atomic E-state index is 12.6. The Morgan fingerprint density at radius 3 is 2.77 bits per heavy atom. The SMILES string of the molecule is CCC(C)(C)C(=O)OC[C@@]1(C#N)O[C@@H](c2ccc3c(N)ncnn23)[C@@H]2OC(C)(C)O[C@@H]21. The van der Waals surface area contributed by atoms with Crippen LogP contribution >= 0.6 is 0 Å². The van der Waals surface area contributed by atoms with Gasteiger partial charge in [0.25, 0.3) is 0 Å². The Morgan fingerprint density at radius 2 is 2.10 bits per heavy atom. The molecule has 2 aromatic heterocycles. The molecule has 0 spiro atoms. The lowest BCUT2D eigenvalue weighted by Gasteiger charge is -2.30. The topological polar surface area (TPSA) is 134 Å². The number of nitriles is 1. The largest absolute Gasteiger partial charge is 0.461 e. The van der Waals surface area contributed by atoms with Crippen LogP contribution in [-0.2, 0) is 23.7 Å². The maximum absolute atomic E-state index is 12.6. The number of nitrogens with two attached hydrogens (primary N) is 1. The average molecular weight is 429 g/mol. The normalized spacial score (nSPS) is 29.6. The van der Waals surface area contributed by atoms with Gasteiger partial charge in [0.15, 0.2) is 11.6 Å². The summed E-state index contributed by atoms with van der Waals surface area (Å²) in [7, 11) is 0. The van der Waals surface area contributed by atoms with Crippen molar-refractivity contribution in [1.82, 2.24) is 14.6 Å². The van der Waals surface area contributed by atoms with Gasteiger partial charge in [-0.15, -0.1) is 0 Å². The minimum absolute atomic E-state index is 0.275. The van der Waals surface area contributed by atoms with Crippen LogP contribution in [0.5, 0.6) is 0 Å². The highest BCUT2D eigenvalue weighted by molar-refractivity contribution is 5.75. The molecule has 2 fully saturated rings. The standard InChI is InChI=1S/C21H27N5O5/c1-6-19(2,3)18(27)28-10-21(9-22)16-15(29-20(4,5)31-16)14(30-21)12-7-8-13-17(23)24-11-25-26(12)13/h7-8,11,14-16H,6,10H2,1-5H3,(H2,23,24,25)/t14-,15-,16-,21+/m0/s1. The monoisotopic (exact) mass is 429 g/mol. The van der Waals surface area contributed by atoms with Crippen molar-refractivity contribution >= 4 is 17.3 Å². The van der Waals surface area contributed by atoms with Crippen LogP contribution in [0.4, 0.5) is 5.82 Å². The second-order valence-electron chi connectivity index (χ2n) is 9.07. The van der Waals surface area contributed by atoms with Crippen LogP contribution in [-0.4, -0.2) is 50.8 Å². The Bertz CT molecular complexity index is 1060. The van der Waals surface area contributed by atoms with E-state index in [1.54, 1.807) is 44.3 Å². The van der Waals surface area contributed by atoms with E-state index in [2.05, 4.69) is 16.2 Å². The van der Waals surface area contributed by atoms with Crippen LogP contribution in [0.25, 0.3) is 5.52 Å². The first-order valence-corrected chi connectivity index (χ1v) is 10.2. The zero-order chi connectivity index (χ0) is 22.6. The van der Waals surface area contributed by atoms with Gasteiger partial charge in [-0.1, -0.05) is 6.92 Å². The number of aromatic nitrogens is 3. The minimum Gasteiger partial charge on any atom is -0.461 e. The van der Waals surface area contributed by atoms with E-state index in [0.29, 0.717) is 23.4 Å². The van der Waals surface area contributed by atoms with Gasteiger partial charge in [-0.2, -0.15) is 10.4 Å². The third-order valence-corrected chi connectivity index (χ3v) is 6.07. The predicted octanol–water partition coefficient (Wildman–Crippen LogP) is 2.14. The number of fused-ring (bicyclic) bond motifs is 2. The third-order valence-electron chi connectivity index (χ3n) is 6.07. The zero-order valence-electron chi connectivity index (χ0n) is 18.3. The molecule has 0 aromatic carbocycles. The van der Waals surface area contributed by atoms with Crippen molar-refractivity contribution in [3.05, 3.63) is 24.2 Å². The molecule has 0 bridgehead atoms. The number of ether oxygens (including phenoxy) is 4. The van der Waals surface area contributed by atoms with Gasteiger partial charge in [0, 0.05) is 0 Å². The zero-order valence-corrected chi connectivity index (χ0v) is 18.3. The molecule has 0 unspecified atom stereocenters. The van der Waals surface area contributed by atoms with E-state index in [1.165, 1.54) is 6.33 Å². The molecule has 4 heterocycles. The Kier molecular flexibility index (Phi) is 4.96. The van der Waals surface area contributed by atoms with Crippen molar-refractivity contribution in [2.75, 3.05) is 12.3 Å².